The first kappa shape index (κ1) is 44.1. The number of phosphoric acid groups is 1. The predicted molar refractivity (Wildman–Crippen MR) is 180 cm³/mol. The molecular weight excluding hydrogens is 549 g/mol. The Bertz CT molecular complexity index is 528. The van der Waals surface area contributed by atoms with Crippen molar-refractivity contribution in [3.63, 3.8) is 0 Å². The molecule has 0 aliphatic rings. The number of aliphatic hydroxyl groups excluding tert-OH is 2. The van der Waals surface area contributed by atoms with E-state index in [1.165, 1.54) is 148 Å². The third-order valence-electron chi connectivity index (χ3n) is 7.92. The number of unbranched alkanes of at least 4 members (excludes halogenated alkanes) is 24. The van der Waals surface area contributed by atoms with Gasteiger partial charge in [0.05, 0.1) is 19.8 Å². The molecule has 0 atom stereocenters. The molecule has 0 bridgehead atoms. The molecule has 0 heterocycles. The Kier molecular flexibility index (Phi) is 39.1. The van der Waals surface area contributed by atoms with Crippen LogP contribution < -0.4 is 0 Å². The van der Waals surface area contributed by atoms with Crippen LogP contribution >= 0.6 is 7.82 Å². The zero-order valence-corrected chi connectivity index (χ0v) is 29.0. The zero-order chi connectivity index (χ0) is 31.4. The number of rotatable bonds is 33. The maximum absolute atomic E-state index is 10.5. The van der Waals surface area contributed by atoms with Gasteiger partial charge in [0, 0.05) is 13.1 Å². The highest BCUT2D eigenvalue weighted by Gasteiger charge is 2.12. The molecule has 8 heteroatoms. The van der Waals surface area contributed by atoms with Gasteiger partial charge >= 0.3 is 7.82 Å². The minimum Gasteiger partial charge on any atom is -0.395 e. The van der Waals surface area contributed by atoms with E-state index in [4.69, 9.17) is 20.0 Å². The molecule has 0 aliphatic carbocycles. The molecule has 0 aliphatic heterocycles. The third-order valence-corrected chi connectivity index (χ3v) is 8.44. The molecule has 7 nitrogen and oxygen atoms in total. The van der Waals surface area contributed by atoms with Gasteiger partial charge in [0.15, 0.2) is 0 Å². The maximum Gasteiger partial charge on any atom is 0.469 e. The SMILES string of the molecule is CCCCCCCCCCCCCCCCCCOP(=O)(O)O.CCCCCCCCCCCCN(CCO)CCO. The van der Waals surface area contributed by atoms with Crippen LogP contribution in [0.15, 0.2) is 0 Å². The van der Waals surface area contributed by atoms with E-state index in [0.717, 1.165) is 25.8 Å². The van der Waals surface area contributed by atoms with Crippen LogP contribution in [0.1, 0.15) is 181 Å². The van der Waals surface area contributed by atoms with Crippen molar-refractivity contribution in [2.45, 2.75) is 181 Å². The summed E-state index contributed by atoms with van der Waals surface area (Å²) in [7, 11) is -4.26. The molecule has 4 N–H and O–H groups in total. The topological polar surface area (TPSA) is 110 Å². The summed E-state index contributed by atoms with van der Waals surface area (Å²) < 4.78 is 14.9. The van der Waals surface area contributed by atoms with E-state index in [2.05, 4.69) is 23.3 Å². The van der Waals surface area contributed by atoms with Gasteiger partial charge in [-0.1, -0.05) is 168 Å². The van der Waals surface area contributed by atoms with E-state index in [-0.39, 0.29) is 19.8 Å². The first-order chi connectivity index (χ1) is 20.4. The van der Waals surface area contributed by atoms with Crippen molar-refractivity contribution in [2.75, 3.05) is 39.5 Å². The summed E-state index contributed by atoms with van der Waals surface area (Å²) in [6.07, 6.45) is 34.2. The minimum atomic E-state index is -4.26. The van der Waals surface area contributed by atoms with Crippen LogP contribution in [0.25, 0.3) is 0 Å². The molecule has 256 valence electrons. The number of hydrogen-bond acceptors (Lipinski definition) is 5. The van der Waals surface area contributed by atoms with Crippen LogP contribution in [0.5, 0.6) is 0 Å². The van der Waals surface area contributed by atoms with Gasteiger partial charge in [0.25, 0.3) is 0 Å². The second-order valence-electron chi connectivity index (χ2n) is 12.1. The Hall–Kier alpha value is -0.0100. The molecule has 0 amide bonds. The minimum absolute atomic E-state index is 0.169. The van der Waals surface area contributed by atoms with Crippen molar-refractivity contribution in [3.8, 4) is 0 Å². The summed E-state index contributed by atoms with van der Waals surface area (Å²) in [5.74, 6) is 0. The number of nitrogens with zero attached hydrogens (tertiary/aromatic N) is 1. The Morgan fingerprint density at radius 1 is 0.452 bits per heavy atom. The lowest BCUT2D eigenvalue weighted by Gasteiger charge is -2.19. The van der Waals surface area contributed by atoms with Gasteiger partial charge in [-0.2, -0.15) is 0 Å². The van der Waals surface area contributed by atoms with E-state index in [1.54, 1.807) is 0 Å². The Labute approximate surface area is 261 Å². The monoisotopic (exact) mass is 624 g/mol. The lowest BCUT2D eigenvalue weighted by molar-refractivity contribution is 0.159. The van der Waals surface area contributed by atoms with Crippen LogP contribution in [-0.2, 0) is 9.09 Å². The van der Waals surface area contributed by atoms with E-state index in [9.17, 15) is 4.57 Å². The van der Waals surface area contributed by atoms with Crippen molar-refractivity contribution in [1.29, 1.82) is 0 Å². The highest BCUT2D eigenvalue weighted by molar-refractivity contribution is 7.46. The molecule has 0 aromatic heterocycles. The molecule has 0 aromatic carbocycles. The highest BCUT2D eigenvalue weighted by Crippen LogP contribution is 2.35. The quantitative estimate of drug-likeness (QED) is 0.0425. The van der Waals surface area contributed by atoms with Crippen LogP contribution in [0, 0.1) is 0 Å². The normalized spacial score (nSPS) is 11.7. The van der Waals surface area contributed by atoms with Crippen molar-refractivity contribution in [3.05, 3.63) is 0 Å². The van der Waals surface area contributed by atoms with E-state index in [1.807, 2.05) is 0 Å². The Morgan fingerprint density at radius 3 is 1.02 bits per heavy atom. The molecule has 0 fully saturated rings. The summed E-state index contributed by atoms with van der Waals surface area (Å²) in [5, 5.41) is 17.8. The largest absolute Gasteiger partial charge is 0.469 e. The lowest BCUT2D eigenvalue weighted by Crippen LogP contribution is -2.30. The number of aliphatic hydroxyl groups is 2. The molecule has 0 spiro atoms. The van der Waals surface area contributed by atoms with Crippen LogP contribution in [0.2, 0.25) is 0 Å². The molecule has 0 saturated heterocycles. The number of hydrogen-bond donors (Lipinski definition) is 4. The second-order valence-corrected chi connectivity index (χ2v) is 13.3. The Morgan fingerprint density at radius 2 is 0.738 bits per heavy atom. The molecule has 0 rings (SSSR count). The van der Waals surface area contributed by atoms with Gasteiger partial charge in [-0.3, -0.25) is 9.42 Å². The standard InChI is InChI=1S/C18H39O4P.C16H35NO2/c1-2-3-4-5-6-7-8-9-10-11-12-13-14-15-16-17-18-22-23(19,20)21;1-2-3-4-5-6-7-8-9-10-11-12-17(13-15-18)14-16-19/h2-18H2,1H3,(H2,19,20,21);18-19H,2-16H2,1H3. The summed E-state index contributed by atoms with van der Waals surface area (Å²) in [6.45, 7) is 7.48. The fourth-order valence-corrected chi connectivity index (χ4v) is 5.64. The third kappa shape index (κ3) is 42.1. The van der Waals surface area contributed by atoms with Crippen molar-refractivity contribution in [1.82, 2.24) is 4.90 Å². The van der Waals surface area contributed by atoms with Crippen molar-refractivity contribution < 1.29 is 29.1 Å². The van der Waals surface area contributed by atoms with E-state index in [0.29, 0.717) is 13.1 Å². The van der Waals surface area contributed by atoms with Gasteiger partial charge in [-0.15, -0.1) is 0 Å². The van der Waals surface area contributed by atoms with Crippen LogP contribution in [-0.4, -0.2) is 64.4 Å². The fraction of sp³-hybridized carbons (Fsp3) is 1.00. The highest BCUT2D eigenvalue weighted by atomic mass is 31.2. The Balaban J connectivity index is 0. The average molecular weight is 624 g/mol. The summed E-state index contributed by atoms with van der Waals surface area (Å²) in [6, 6.07) is 0. The zero-order valence-electron chi connectivity index (χ0n) is 28.1. The first-order valence-corrected chi connectivity index (χ1v) is 19.6. The van der Waals surface area contributed by atoms with Gasteiger partial charge in [0.2, 0.25) is 0 Å². The van der Waals surface area contributed by atoms with Gasteiger partial charge in [-0.25, -0.2) is 4.57 Å². The molecule has 0 radical (unpaired) electrons. The summed E-state index contributed by atoms with van der Waals surface area (Å²) >= 11 is 0. The van der Waals surface area contributed by atoms with E-state index < -0.39 is 7.82 Å². The predicted octanol–water partition coefficient (Wildman–Crippen LogP) is 9.55. The van der Waals surface area contributed by atoms with Crippen LogP contribution in [0.3, 0.4) is 0 Å². The molecule has 0 aromatic rings. The fourth-order valence-electron chi connectivity index (χ4n) is 5.27. The average Bonchev–Trinajstić information content (AvgIpc) is 2.95. The molecule has 42 heavy (non-hydrogen) atoms. The molecular formula is C34H74NO6P. The van der Waals surface area contributed by atoms with Crippen LogP contribution in [0.4, 0.5) is 0 Å². The van der Waals surface area contributed by atoms with E-state index >= 15 is 0 Å². The molecule has 0 saturated carbocycles. The first-order valence-electron chi connectivity index (χ1n) is 18.0. The van der Waals surface area contributed by atoms with Gasteiger partial charge in [-0.05, 0) is 19.4 Å². The van der Waals surface area contributed by atoms with Crippen molar-refractivity contribution >= 4 is 7.82 Å². The van der Waals surface area contributed by atoms with Gasteiger partial charge in [0.1, 0.15) is 0 Å². The number of phosphoric ester groups is 1. The summed E-state index contributed by atoms with van der Waals surface area (Å²) in [4.78, 5) is 19.2. The lowest BCUT2D eigenvalue weighted by atomic mass is 10.0. The second kappa shape index (κ2) is 37.2. The van der Waals surface area contributed by atoms with Crippen molar-refractivity contribution in [2.24, 2.45) is 0 Å². The summed E-state index contributed by atoms with van der Waals surface area (Å²) in [5.41, 5.74) is 0. The maximum atomic E-state index is 10.5. The van der Waals surface area contributed by atoms with Gasteiger partial charge < -0.3 is 20.0 Å². The smallest absolute Gasteiger partial charge is 0.395 e. The molecule has 0 unspecified atom stereocenters.